The molecule has 1 aromatic carbocycles. The molecular weight excluding hydrogens is 256 g/mol. The number of hydrogen-bond donors (Lipinski definition) is 1. The zero-order chi connectivity index (χ0) is 14.5. The molecule has 2 atom stereocenters. The van der Waals surface area contributed by atoms with Crippen molar-refractivity contribution in [3.63, 3.8) is 0 Å². The molecular formula is C15H20N2O3. The van der Waals surface area contributed by atoms with E-state index in [9.17, 15) is 9.59 Å². The Labute approximate surface area is 118 Å². The summed E-state index contributed by atoms with van der Waals surface area (Å²) in [5.41, 5.74) is 0.785. The van der Waals surface area contributed by atoms with E-state index in [1.807, 2.05) is 42.2 Å². The maximum Gasteiger partial charge on any atom is 0.310 e. The second kappa shape index (κ2) is 6.52. The number of rotatable bonds is 4. The molecule has 0 aliphatic carbocycles. The van der Waals surface area contributed by atoms with E-state index in [1.165, 1.54) is 7.11 Å². The Morgan fingerprint density at radius 1 is 1.35 bits per heavy atom. The number of amides is 1. The molecule has 1 amide bonds. The maximum atomic E-state index is 12.2. The van der Waals surface area contributed by atoms with Crippen LogP contribution in [0.3, 0.4) is 0 Å². The zero-order valence-corrected chi connectivity index (χ0v) is 11.8. The number of ether oxygens (including phenoxy) is 1. The van der Waals surface area contributed by atoms with Crippen molar-refractivity contribution >= 4 is 17.6 Å². The van der Waals surface area contributed by atoms with Gasteiger partial charge in [0.25, 0.3) is 0 Å². The third-order valence-corrected chi connectivity index (χ3v) is 3.72. The topological polar surface area (TPSA) is 58.6 Å². The first kappa shape index (κ1) is 14.5. The predicted octanol–water partition coefficient (Wildman–Crippen LogP) is 1.51. The minimum atomic E-state index is -0.259. The monoisotopic (exact) mass is 276 g/mol. The van der Waals surface area contributed by atoms with Crippen LogP contribution in [0.2, 0.25) is 0 Å². The molecule has 20 heavy (non-hydrogen) atoms. The molecule has 5 heteroatoms. The summed E-state index contributed by atoms with van der Waals surface area (Å²) in [5.74, 6) is -0.364. The van der Waals surface area contributed by atoms with Gasteiger partial charge in [0.2, 0.25) is 5.91 Å². The molecule has 108 valence electrons. The Morgan fingerprint density at radius 3 is 2.70 bits per heavy atom. The highest BCUT2D eigenvalue weighted by atomic mass is 16.5. The van der Waals surface area contributed by atoms with E-state index in [4.69, 9.17) is 4.74 Å². The van der Waals surface area contributed by atoms with Crippen LogP contribution >= 0.6 is 0 Å². The van der Waals surface area contributed by atoms with E-state index < -0.39 is 0 Å². The number of hydrogen-bond acceptors (Lipinski definition) is 4. The van der Waals surface area contributed by atoms with Crippen LogP contribution in [0.15, 0.2) is 30.3 Å². The normalized spacial score (nSPS) is 20.4. The van der Waals surface area contributed by atoms with Gasteiger partial charge < -0.3 is 10.1 Å². The van der Waals surface area contributed by atoms with Gasteiger partial charge in [-0.3, -0.25) is 14.5 Å². The number of methoxy groups -OCH3 is 1. The molecule has 1 fully saturated rings. The van der Waals surface area contributed by atoms with Crippen molar-refractivity contribution in [2.24, 2.45) is 5.92 Å². The fraction of sp³-hybridized carbons (Fsp3) is 0.467. The van der Waals surface area contributed by atoms with Gasteiger partial charge in [0.15, 0.2) is 0 Å². The van der Waals surface area contributed by atoms with Gasteiger partial charge in [-0.15, -0.1) is 0 Å². The summed E-state index contributed by atoms with van der Waals surface area (Å²) in [6, 6.07) is 9.11. The Balaban J connectivity index is 1.90. The minimum absolute atomic E-state index is 0.0540. The number of para-hydroxylation sites is 1. The van der Waals surface area contributed by atoms with Crippen LogP contribution in [-0.4, -0.2) is 43.0 Å². The molecule has 1 N–H and O–H groups in total. The van der Waals surface area contributed by atoms with E-state index >= 15 is 0 Å². The van der Waals surface area contributed by atoms with E-state index in [0.29, 0.717) is 6.54 Å². The fourth-order valence-electron chi connectivity index (χ4n) is 2.43. The lowest BCUT2D eigenvalue weighted by Crippen LogP contribution is -2.41. The van der Waals surface area contributed by atoms with Gasteiger partial charge in [-0.25, -0.2) is 0 Å². The Kier molecular flexibility index (Phi) is 4.74. The highest BCUT2D eigenvalue weighted by molar-refractivity contribution is 5.94. The predicted molar refractivity (Wildman–Crippen MR) is 76.2 cm³/mol. The molecule has 0 radical (unpaired) electrons. The molecule has 1 aromatic rings. The molecule has 1 saturated heterocycles. The molecule has 0 spiro atoms. The average molecular weight is 276 g/mol. The fourth-order valence-corrected chi connectivity index (χ4v) is 2.43. The van der Waals surface area contributed by atoms with Gasteiger partial charge >= 0.3 is 5.97 Å². The van der Waals surface area contributed by atoms with Crippen molar-refractivity contribution in [3.8, 4) is 0 Å². The second-order valence-electron chi connectivity index (χ2n) is 5.03. The van der Waals surface area contributed by atoms with Gasteiger partial charge in [0.05, 0.1) is 19.1 Å². The summed E-state index contributed by atoms with van der Waals surface area (Å²) < 4.78 is 4.75. The highest BCUT2D eigenvalue weighted by Crippen LogP contribution is 2.20. The molecule has 0 aromatic heterocycles. The number of likely N-dealkylation sites (tertiary alicyclic amines) is 1. The van der Waals surface area contributed by atoms with Gasteiger partial charge in [-0.05, 0) is 32.0 Å². The molecule has 2 unspecified atom stereocenters. The number of carbonyl (C=O) groups is 2. The molecule has 0 bridgehead atoms. The first-order valence-corrected chi connectivity index (χ1v) is 6.79. The van der Waals surface area contributed by atoms with Gasteiger partial charge in [-0.1, -0.05) is 18.2 Å². The number of esters is 1. The first-order chi connectivity index (χ1) is 9.61. The summed E-state index contributed by atoms with van der Waals surface area (Å²) in [4.78, 5) is 25.7. The lowest BCUT2D eigenvalue weighted by molar-refractivity contribution is -0.145. The zero-order valence-electron chi connectivity index (χ0n) is 11.8. The SMILES string of the molecule is COC(=O)C1CCN(C(C)C(=O)Nc2ccccc2)C1. The average Bonchev–Trinajstić information content (AvgIpc) is 2.96. The van der Waals surface area contributed by atoms with E-state index in [2.05, 4.69) is 5.32 Å². The van der Waals surface area contributed by atoms with Gasteiger partial charge in [-0.2, -0.15) is 0 Å². The van der Waals surface area contributed by atoms with Crippen LogP contribution in [0, 0.1) is 5.92 Å². The Morgan fingerprint density at radius 2 is 2.05 bits per heavy atom. The third kappa shape index (κ3) is 3.36. The van der Waals surface area contributed by atoms with Crippen molar-refractivity contribution in [2.75, 3.05) is 25.5 Å². The van der Waals surface area contributed by atoms with Crippen molar-refractivity contribution in [1.82, 2.24) is 4.90 Å². The number of nitrogens with zero attached hydrogens (tertiary/aromatic N) is 1. The number of nitrogens with one attached hydrogen (secondary N) is 1. The maximum absolute atomic E-state index is 12.2. The largest absolute Gasteiger partial charge is 0.469 e. The van der Waals surface area contributed by atoms with E-state index in [1.54, 1.807) is 0 Å². The van der Waals surface area contributed by atoms with Crippen LogP contribution in [-0.2, 0) is 14.3 Å². The summed E-state index contributed by atoms with van der Waals surface area (Å²) in [6.45, 7) is 3.18. The number of benzene rings is 1. The Hall–Kier alpha value is -1.88. The molecule has 1 aliphatic heterocycles. The van der Waals surface area contributed by atoms with Crippen LogP contribution in [0.5, 0.6) is 0 Å². The third-order valence-electron chi connectivity index (χ3n) is 3.72. The molecule has 5 nitrogen and oxygen atoms in total. The lowest BCUT2D eigenvalue weighted by Gasteiger charge is -2.23. The standard InChI is InChI=1S/C15H20N2O3/c1-11(14(18)16-13-6-4-3-5-7-13)17-9-8-12(10-17)15(19)20-2/h3-7,11-12H,8-10H2,1-2H3,(H,16,18). The lowest BCUT2D eigenvalue weighted by atomic mass is 10.1. The summed E-state index contributed by atoms with van der Waals surface area (Å²) in [7, 11) is 1.40. The van der Waals surface area contributed by atoms with E-state index in [0.717, 1.165) is 18.7 Å². The van der Waals surface area contributed by atoms with Crippen molar-refractivity contribution in [1.29, 1.82) is 0 Å². The second-order valence-corrected chi connectivity index (χ2v) is 5.03. The van der Waals surface area contributed by atoms with Crippen LogP contribution < -0.4 is 5.32 Å². The molecule has 1 aliphatic rings. The summed E-state index contributed by atoms with van der Waals surface area (Å²) in [5, 5.41) is 2.88. The van der Waals surface area contributed by atoms with Crippen LogP contribution in [0.25, 0.3) is 0 Å². The number of anilines is 1. The first-order valence-electron chi connectivity index (χ1n) is 6.79. The molecule has 1 heterocycles. The van der Waals surface area contributed by atoms with Crippen LogP contribution in [0.4, 0.5) is 5.69 Å². The van der Waals surface area contributed by atoms with Crippen molar-refractivity contribution in [3.05, 3.63) is 30.3 Å². The minimum Gasteiger partial charge on any atom is -0.469 e. The smallest absolute Gasteiger partial charge is 0.310 e. The van der Waals surface area contributed by atoms with Crippen LogP contribution in [0.1, 0.15) is 13.3 Å². The summed E-state index contributed by atoms with van der Waals surface area (Å²) >= 11 is 0. The van der Waals surface area contributed by atoms with E-state index in [-0.39, 0.29) is 23.8 Å². The van der Waals surface area contributed by atoms with Gasteiger partial charge in [0.1, 0.15) is 0 Å². The quantitative estimate of drug-likeness (QED) is 0.847. The highest BCUT2D eigenvalue weighted by Gasteiger charge is 2.33. The van der Waals surface area contributed by atoms with Gasteiger partial charge in [0, 0.05) is 12.2 Å². The Bertz CT molecular complexity index is 475. The molecule has 0 saturated carbocycles. The number of carbonyl (C=O) groups excluding carboxylic acids is 2. The van der Waals surface area contributed by atoms with Crippen molar-refractivity contribution < 1.29 is 14.3 Å². The molecule has 2 rings (SSSR count). The van der Waals surface area contributed by atoms with Crippen molar-refractivity contribution in [2.45, 2.75) is 19.4 Å². The summed E-state index contributed by atoms with van der Waals surface area (Å²) in [6.07, 6.45) is 0.746.